The number of alkyl halides is 3. The van der Waals surface area contributed by atoms with Gasteiger partial charge in [0.05, 0.1) is 4.90 Å². The van der Waals surface area contributed by atoms with Crippen molar-refractivity contribution >= 4 is 21.6 Å². The third-order valence-electron chi connectivity index (χ3n) is 4.96. The molecule has 1 amide bonds. The highest BCUT2D eigenvalue weighted by Gasteiger charge is 2.30. The van der Waals surface area contributed by atoms with Crippen LogP contribution in [0.15, 0.2) is 53.4 Å². The zero-order valence-corrected chi connectivity index (χ0v) is 17.6. The summed E-state index contributed by atoms with van der Waals surface area (Å²) in [5, 5.41) is 2.65. The highest BCUT2D eigenvalue weighted by atomic mass is 32.2. The second-order valence-corrected chi connectivity index (χ2v) is 9.22. The monoisotopic (exact) mass is 455 g/mol. The standard InChI is InChI=1S/C21H24F3N3O3S/c22-21(23,24)15-25-31(29,30)19-10-8-18(9-11-19)26-20(28)17-6-4-16(5-7-17)14-27-12-2-1-3-13-27/h4-11,25H,1-3,12-15H2,(H,26,28). The van der Waals surface area contributed by atoms with Gasteiger partial charge in [0.1, 0.15) is 6.54 Å². The van der Waals surface area contributed by atoms with Crippen LogP contribution in [0.1, 0.15) is 35.2 Å². The Kier molecular flexibility index (Phi) is 7.34. The van der Waals surface area contributed by atoms with Gasteiger partial charge in [0.2, 0.25) is 10.0 Å². The molecular formula is C21H24F3N3O3S. The molecule has 1 fully saturated rings. The Morgan fingerprint density at radius 2 is 1.55 bits per heavy atom. The molecule has 0 spiro atoms. The maximum Gasteiger partial charge on any atom is 0.402 e. The van der Waals surface area contributed by atoms with E-state index in [9.17, 15) is 26.4 Å². The third-order valence-corrected chi connectivity index (χ3v) is 6.37. The van der Waals surface area contributed by atoms with Crippen LogP contribution in [0.2, 0.25) is 0 Å². The van der Waals surface area contributed by atoms with Gasteiger partial charge in [0, 0.05) is 17.8 Å². The fourth-order valence-electron chi connectivity index (χ4n) is 3.32. The zero-order valence-electron chi connectivity index (χ0n) is 16.8. The van der Waals surface area contributed by atoms with Crippen molar-refractivity contribution in [1.29, 1.82) is 0 Å². The predicted molar refractivity (Wildman–Crippen MR) is 111 cm³/mol. The second-order valence-electron chi connectivity index (χ2n) is 7.45. The number of halogens is 3. The lowest BCUT2D eigenvalue weighted by molar-refractivity contribution is -0.121. The minimum atomic E-state index is -4.65. The van der Waals surface area contributed by atoms with Gasteiger partial charge in [-0.2, -0.15) is 13.2 Å². The van der Waals surface area contributed by atoms with Crippen molar-refractivity contribution in [2.24, 2.45) is 0 Å². The average molecular weight is 456 g/mol. The first-order valence-corrected chi connectivity index (χ1v) is 11.4. The van der Waals surface area contributed by atoms with Gasteiger partial charge in [-0.05, 0) is 67.9 Å². The van der Waals surface area contributed by atoms with Crippen molar-refractivity contribution in [1.82, 2.24) is 9.62 Å². The maximum absolute atomic E-state index is 12.4. The van der Waals surface area contributed by atoms with Gasteiger partial charge in [-0.25, -0.2) is 13.1 Å². The first-order valence-electron chi connectivity index (χ1n) is 9.91. The van der Waals surface area contributed by atoms with E-state index in [2.05, 4.69) is 10.2 Å². The molecule has 0 atom stereocenters. The predicted octanol–water partition coefficient (Wildman–Crippen LogP) is 3.77. The first kappa shape index (κ1) is 23.2. The SMILES string of the molecule is O=C(Nc1ccc(S(=O)(=O)NCC(F)(F)F)cc1)c1ccc(CN2CCCCC2)cc1. The fraction of sp³-hybridized carbons (Fsp3) is 0.381. The summed E-state index contributed by atoms with van der Waals surface area (Å²) in [5.41, 5.74) is 1.91. The van der Waals surface area contributed by atoms with Gasteiger partial charge in [-0.1, -0.05) is 18.6 Å². The number of nitrogens with zero attached hydrogens (tertiary/aromatic N) is 1. The molecule has 1 aliphatic rings. The van der Waals surface area contributed by atoms with Gasteiger partial charge < -0.3 is 5.32 Å². The van der Waals surface area contributed by atoms with Crippen LogP contribution < -0.4 is 10.0 Å². The van der Waals surface area contributed by atoms with E-state index in [1.54, 1.807) is 12.1 Å². The lowest BCUT2D eigenvalue weighted by atomic mass is 10.1. The zero-order chi connectivity index (χ0) is 22.5. The molecule has 1 aliphatic heterocycles. The van der Waals surface area contributed by atoms with Crippen molar-refractivity contribution < 1.29 is 26.4 Å². The van der Waals surface area contributed by atoms with Crippen molar-refractivity contribution in [3.8, 4) is 0 Å². The second kappa shape index (κ2) is 9.80. The molecule has 0 unspecified atom stereocenters. The lowest BCUT2D eigenvalue weighted by Gasteiger charge is -2.26. The van der Waals surface area contributed by atoms with Gasteiger partial charge in [-0.3, -0.25) is 9.69 Å². The quantitative estimate of drug-likeness (QED) is 0.666. The number of amides is 1. The van der Waals surface area contributed by atoms with Crippen molar-refractivity contribution in [3.05, 3.63) is 59.7 Å². The molecule has 168 valence electrons. The van der Waals surface area contributed by atoms with Gasteiger partial charge >= 0.3 is 6.18 Å². The van der Waals surface area contributed by atoms with Gasteiger partial charge in [0.25, 0.3) is 5.91 Å². The van der Waals surface area contributed by atoms with Crippen molar-refractivity contribution in [2.45, 2.75) is 36.9 Å². The maximum atomic E-state index is 12.4. The summed E-state index contributed by atoms with van der Waals surface area (Å²) in [7, 11) is -4.29. The van der Waals surface area contributed by atoms with E-state index in [0.717, 1.165) is 37.3 Å². The normalized spacial score (nSPS) is 15.6. The largest absolute Gasteiger partial charge is 0.402 e. The van der Waals surface area contributed by atoms with E-state index < -0.39 is 22.7 Å². The molecule has 3 rings (SSSR count). The molecule has 0 aromatic heterocycles. The minimum Gasteiger partial charge on any atom is -0.322 e. The van der Waals surface area contributed by atoms with Crippen LogP contribution in [0.25, 0.3) is 0 Å². The number of hydrogen-bond acceptors (Lipinski definition) is 4. The lowest BCUT2D eigenvalue weighted by Crippen LogP contribution is -2.33. The molecule has 0 bridgehead atoms. The molecule has 0 aliphatic carbocycles. The van der Waals surface area contributed by atoms with Crippen molar-refractivity contribution in [3.63, 3.8) is 0 Å². The smallest absolute Gasteiger partial charge is 0.322 e. The Morgan fingerprint density at radius 1 is 0.935 bits per heavy atom. The summed E-state index contributed by atoms with van der Waals surface area (Å²) in [6, 6.07) is 12.2. The molecule has 6 nitrogen and oxygen atoms in total. The van der Waals surface area contributed by atoms with Crippen LogP contribution >= 0.6 is 0 Å². The molecule has 1 saturated heterocycles. The number of piperidine rings is 1. The average Bonchev–Trinajstić information content (AvgIpc) is 2.74. The Hall–Kier alpha value is -2.43. The summed E-state index contributed by atoms with van der Waals surface area (Å²) in [6.07, 6.45) is -0.963. The van der Waals surface area contributed by atoms with E-state index in [0.29, 0.717) is 11.3 Å². The topological polar surface area (TPSA) is 78.5 Å². The molecule has 2 N–H and O–H groups in total. The van der Waals surface area contributed by atoms with E-state index in [1.165, 1.54) is 36.1 Å². The summed E-state index contributed by atoms with van der Waals surface area (Å²) in [5.74, 6) is -0.365. The number of anilines is 1. The Balaban J connectivity index is 1.57. The summed E-state index contributed by atoms with van der Waals surface area (Å²) >= 11 is 0. The molecule has 2 aromatic rings. The summed E-state index contributed by atoms with van der Waals surface area (Å²) in [4.78, 5) is 14.5. The van der Waals surface area contributed by atoms with E-state index in [4.69, 9.17) is 0 Å². The number of benzene rings is 2. The number of carbonyl (C=O) groups excluding carboxylic acids is 1. The minimum absolute atomic E-state index is 0.322. The Bertz CT molecular complexity index is 985. The van der Waals surface area contributed by atoms with Gasteiger partial charge in [-0.15, -0.1) is 0 Å². The van der Waals surface area contributed by atoms with Crippen LogP contribution in [0.4, 0.5) is 18.9 Å². The number of nitrogens with one attached hydrogen (secondary N) is 2. The fourth-order valence-corrected chi connectivity index (χ4v) is 4.33. The van der Waals surface area contributed by atoms with Crippen LogP contribution in [0.5, 0.6) is 0 Å². The number of carbonyl (C=O) groups is 1. The van der Waals surface area contributed by atoms with Gasteiger partial charge in [0.15, 0.2) is 0 Å². The molecule has 2 aromatic carbocycles. The number of hydrogen-bond donors (Lipinski definition) is 2. The van der Waals surface area contributed by atoms with Crippen LogP contribution in [0, 0.1) is 0 Å². The molecule has 0 saturated carbocycles. The number of rotatable bonds is 7. The summed E-state index contributed by atoms with van der Waals surface area (Å²) in [6.45, 7) is 1.36. The molecule has 0 radical (unpaired) electrons. The summed E-state index contributed by atoms with van der Waals surface area (Å²) < 4.78 is 62.0. The van der Waals surface area contributed by atoms with E-state index in [-0.39, 0.29) is 10.8 Å². The molecule has 1 heterocycles. The third kappa shape index (κ3) is 7.05. The van der Waals surface area contributed by atoms with E-state index in [1.807, 2.05) is 12.1 Å². The first-order chi connectivity index (χ1) is 14.6. The van der Waals surface area contributed by atoms with Crippen LogP contribution in [-0.2, 0) is 16.6 Å². The Morgan fingerprint density at radius 3 is 2.13 bits per heavy atom. The van der Waals surface area contributed by atoms with Crippen LogP contribution in [-0.4, -0.2) is 45.0 Å². The van der Waals surface area contributed by atoms with E-state index >= 15 is 0 Å². The number of sulfonamides is 1. The highest BCUT2D eigenvalue weighted by molar-refractivity contribution is 7.89. The molecule has 31 heavy (non-hydrogen) atoms. The van der Waals surface area contributed by atoms with Crippen molar-refractivity contribution in [2.75, 3.05) is 25.0 Å². The molecular weight excluding hydrogens is 431 g/mol. The van der Waals surface area contributed by atoms with Crippen LogP contribution in [0.3, 0.4) is 0 Å². The highest BCUT2D eigenvalue weighted by Crippen LogP contribution is 2.18. The number of likely N-dealkylation sites (tertiary alicyclic amines) is 1. The Labute approximate surface area is 179 Å². The molecule has 10 heteroatoms.